The first-order chi connectivity index (χ1) is 9.56. The average Bonchev–Trinajstić information content (AvgIpc) is 2.38. The van der Waals surface area contributed by atoms with Gasteiger partial charge in [0.1, 0.15) is 12.4 Å². The molecular weight excluding hydrogens is 276 g/mol. The minimum Gasteiger partial charge on any atom is -0.487 e. The van der Waals surface area contributed by atoms with Crippen molar-refractivity contribution in [3.8, 4) is 5.75 Å². The Morgan fingerprint density at radius 3 is 2.50 bits per heavy atom. The molecule has 0 radical (unpaired) electrons. The Morgan fingerprint density at radius 2 is 1.90 bits per heavy atom. The lowest BCUT2D eigenvalue weighted by molar-refractivity contribution is -0.136. The molecule has 0 atom stereocenters. The van der Waals surface area contributed by atoms with Crippen LogP contribution in [-0.4, -0.2) is 11.1 Å². The first kappa shape index (κ1) is 14.4. The maximum Gasteiger partial charge on any atom is 0.307 e. The van der Waals surface area contributed by atoms with E-state index in [0.29, 0.717) is 22.9 Å². The number of carboxylic acid groups (broad SMARTS) is 1. The molecule has 0 amide bonds. The third kappa shape index (κ3) is 3.75. The highest BCUT2D eigenvalue weighted by Gasteiger charge is 2.10. The standard InChI is InChI=1S/C16H15ClO3/c1-11-7-13(9-15(18)19)8-14(17)16(11)20-10-12-5-3-2-4-6-12/h2-8H,9-10H2,1H3,(H,18,19). The number of aliphatic carboxylic acids is 1. The fourth-order valence-corrected chi connectivity index (χ4v) is 2.33. The topological polar surface area (TPSA) is 46.5 Å². The summed E-state index contributed by atoms with van der Waals surface area (Å²) in [5, 5.41) is 9.24. The summed E-state index contributed by atoms with van der Waals surface area (Å²) in [4.78, 5) is 10.7. The molecule has 20 heavy (non-hydrogen) atoms. The Kier molecular flexibility index (Phi) is 4.64. The van der Waals surface area contributed by atoms with E-state index in [4.69, 9.17) is 21.4 Å². The van der Waals surface area contributed by atoms with Crippen LogP contribution in [0.5, 0.6) is 5.75 Å². The van der Waals surface area contributed by atoms with Crippen molar-refractivity contribution in [1.29, 1.82) is 0 Å². The normalized spacial score (nSPS) is 10.3. The van der Waals surface area contributed by atoms with Crippen LogP contribution in [0.15, 0.2) is 42.5 Å². The van der Waals surface area contributed by atoms with Gasteiger partial charge in [-0.15, -0.1) is 0 Å². The minimum absolute atomic E-state index is 0.0421. The van der Waals surface area contributed by atoms with Gasteiger partial charge in [-0.1, -0.05) is 48.0 Å². The molecule has 0 fully saturated rings. The minimum atomic E-state index is -0.876. The number of carbonyl (C=O) groups is 1. The highest BCUT2D eigenvalue weighted by molar-refractivity contribution is 6.32. The number of benzene rings is 2. The zero-order valence-corrected chi connectivity index (χ0v) is 11.9. The van der Waals surface area contributed by atoms with Gasteiger partial charge in [0.25, 0.3) is 0 Å². The monoisotopic (exact) mass is 290 g/mol. The molecule has 104 valence electrons. The van der Waals surface area contributed by atoms with Crippen LogP contribution in [0.4, 0.5) is 0 Å². The van der Waals surface area contributed by atoms with Crippen molar-refractivity contribution in [1.82, 2.24) is 0 Å². The number of aryl methyl sites for hydroxylation is 1. The molecule has 4 heteroatoms. The van der Waals surface area contributed by atoms with Gasteiger partial charge in [0.2, 0.25) is 0 Å². The summed E-state index contributed by atoms with van der Waals surface area (Å²) in [6.45, 7) is 2.29. The van der Waals surface area contributed by atoms with Gasteiger partial charge in [0, 0.05) is 0 Å². The third-order valence-electron chi connectivity index (χ3n) is 2.87. The number of ether oxygens (including phenoxy) is 1. The number of carboxylic acids is 1. The molecule has 0 saturated heterocycles. The zero-order valence-electron chi connectivity index (χ0n) is 11.1. The molecule has 0 aliphatic heterocycles. The molecule has 2 aromatic carbocycles. The molecule has 0 aliphatic carbocycles. The molecule has 3 nitrogen and oxygen atoms in total. The molecule has 0 saturated carbocycles. The van der Waals surface area contributed by atoms with Crippen molar-refractivity contribution < 1.29 is 14.6 Å². The second-order valence-electron chi connectivity index (χ2n) is 4.57. The molecule has 2 rings (SSSR count). The molecule has 0 heterocycles. The fourth-order valence-electron chi connectivity index (χ4n) is 1.99. The van der Waals surface area contributed by atoms with Gasteiger partial charge in [0.15, 0.2) is 0 Å². The van der Waals surface area contributed by atoms with Gasteiger partial charge in [-0.25, -0.2) is 0 Å². The van der Waals surface area contributed by atoms with Crippen LogP contribution < -0.4 is 4.74 Å². The van der Waals surface area contributed by atoms with Crippen LogP contribution in [0.3, 0.4) is 0 Å². The summed E-state index contributed by atoms with van der Waals surface area (Å²) in [5.74, 6) is -0.275. The van der Waals surface area contributed by atoms with E-state index in [1.807, 2.05) is 37.3 Å². The predicted molar refractivity (Wildman–Crippen MR) is 78.3 cm³/mol. The van der Waals surface area contributed by atoms with Crippen LogP contribution >= 0.6 is 11.6 Å². The Hall–Kier alpha value is -2.00. The van der Waals surface area contributed by atoms with E-state index in [1.54, 1.807) is 12.1 Å². The highest BCUT2D eigenvalue weighted by atomic mass is 35.5. The summed E-state index contributed by atoms with van der Waals surface area (Å²) in [7, 11) is 0. The SMILES string of the molecule is Cc1cc(CC(=O)O)cc(Cl)c1OCc1ccccc1. The van der Waals surface area contributed by atoms with Crippen LogP contribution in [0.25, 0.3) is 0 Å². The van der Waals surface area contributed by atoms with E-state index in [1.165, 1.54) is 0 Å². The van der Waals surface area contributed by atoms with Crippen LogP contribution in [0.1, 0.15) is 16.7 Å². The van der Waals surface area contributed by atoms with E-state index in [-0.39, 0.29) is 6.42 Å². The number of hydrogen-bond acceptors (Lipinski definition) is 2. The molecule has 2 aromatic rings. The van der Waals surface area contributed by atoms with Crippen LogP contribution in [0.2, 0.25) is 5.02 Å². The molecule has 1 N–H and O–H groups in total. The quantitative estimate of drug-likeness (QED) is 0.909. The summed E-state index contributed by atoms with van der Waals surface area (Å²) < 4.78 is 5.73. The highest BCUT2D eigenvalue weighted by Crippen LogP contribution is 2.30. The van der Waals surface area contributed by atoms with Crippen LogP contribution in [-0.2, 0) is 17.8 Å². The van der Waals surface area contributed by atoms with E-state index in [2.05, 4.69) is 0 Å². The Labute approximate surface area is 122 Å². The summed E-state index contributed by atoms with van der Waals surface area (Å²) in [6.07, 6.45) is -0.0421. The molecule has 0 unspecified atom stereocenters. The second-order valence-corrected chi connectivity index (χ2v) is 4.98. The first-order valence-corrected chi connectivity index (χ1v) is 6.61. The molecule has 0 aliphatic rings. The molecule has 0 bridgehead atoms. The van der Waals surface area contributed by atoms with Crippen LogP contribution in [0, 0.1) is 6.92 Å². The van der Waals surface area contributed by atoms with Crippen molar-refractivity contribution in [3.63, 3.8) is 0 Å². The largest absolute Gasteiger partial charge is 0.487 e. The van der Waals surface area contributed by atoms with Crippen molar-refractivity contribution in [3.05, 3.63) is 64.2 Å². The molecule has 0 spiro atoms. The summed E-state index contributed by atoms with van der Waals surface area (Å²) in [6, 6.07) is 13.2. The average molecular weight is 291 g/mol. The summed E-state index contributed by atoms with van der Waals surface area (Å²) in [5.41, 5.74) is 2.56. The maximum absolute atomic E-state index is 10.7. The van der Waals surface area contributed by atoms with Gasteiger partial charge in [-0.3, -0.25) is 4.79 Å². The Balaban J connectivity index is 2.14. The molecular formula is C16H15ClO3. The zero-order chi connectivity index (χ0) is 14.5. The first-order valence-electron chi connectivity index (χ1n) is 6.24. The number of halogens is 1. The fraction of sp³-hybridized carbons (Fsp3) is 0.188. The second kappa shape index (κ2) is 6.44. The van der Waals surface area contributed by atoms with Crippen molar-refractivity contribution in [2.45, 2.75) is 20.0 Å². The van der Waals surface area contributed by atoms with Gasteiger partial charge < -0.3 is 9.84 Å². The van der Waals surface area contributed by atoms with E-state index < -0.39 is 5.97 Å². The van der Waals surface area contributed by atoms with Gasteiger partial charge in [0.05, 0.1) is 11.4 Å². The summed E-state index contributed by atoms with van der Waals surface area (Å²) >= 11 is 6.17. The van der Waals surface area contributed by atoms with E-state index in [0.717, 1.165) is 11.1 Å². The van der Waals surface area contributed by atoms with Gasteiger partial charge >= 0.3 is 5.97 Å². The number of hydrogen-bond donors (Lipinski definition) is 1. The van der Waals surface area contributed by atoms with Crippen molar-refractivity contribution >= 4 is 17.6 Å². The maximum atomic E-state index is 10.7. The van der Waals surface area contributed by atoms with Crippen molar-refractivity contribution in [2.24, 2.45) is 0 Å². The lowest BCUT2D eigenvalue weighted by atomic mass is 10.1. The van der Waals surface area contributed by atoms with Gasteiger partial charge in [-0.2, -0.15) is 0 Å². The smallest absolute Gasteiger partial charge is 0.307 e. The molecule has 0 aromatic heterocycles. The van der Waals surface area contributed by atoms with Crippen molar-refractivity contribution in [2.75, 3.05) is 0 Å². The lowest BCUT2D eigenvalue weighted by Gasteiger charge is -2.12. The van der Waals surface area contributed by atoms with E-state index in [9.17, 15) is 4.79 Å². The van der Waals surface area contributed by atoms with E-state index >= 15 is 0 Å². The number of rotatable bonds is 5. The lowest BCUT2D eigenvalue weighted by Crippen LogP contribution is -2.02. The third-order valence-corrected chi connectivity index (χ3v) is 3.15. The Morgan fingerprint density at radius 1 is 1.20 bits per heavy atom. The predicted octanol–water partition coefficient (Wildman–Crippen LogP) is 3.85. The van der Waals surface area contributed by atoms with Gasteiger partial charge in [-0.05, 0) is 29.7 Å². The Bertz CT molecular complexity index is 585.